The van der Waals surface area contributed by atoms with Crippen molar-refractivity contribution >= 4 is 76.5 Å². The summed E-state index contributed by atoms with van der Waals surface area (Å²) >= 11 is 0. The van der Waals surface area contributed by atoms with Gasteiger partial charge in [-0.3, -0.25) is 4.57 Å². The van der Waals surface area contributed by atoms with E-state index in [0.29, 0.717) is 11.5 Å². The molecule has 326 valence electrons. The molecular weight excluding hydrogens is 1000 g/mol. The molecule has 0 aliphatic rings. The van der Waals surface area contributed by atoms with E-state index in [0.717, 1.165) is 83.0 Å². The van der Waals surface area contributed by atoms with Crippen molar-refractivity contribution in [3.63, 3.8) is 0 Å². The third-order valence-electron chi connectivity index (χ3n) is 13.2. The minimum Gasteiger partial charge on any atom is -0.510 e. The average molecular weight is 1050 g/mol. The van der Waals surface area contributed by atoms with E-state index in [1.54, 1.807) is 0 Å². The Kier molecular flexibility index (Phi) is 9.39. The fraction of sp³-hybridized carbons (Fsp3) is 0.0847. The Morgan fingerprint density at radius 3 is 1.91 bits per heavy atom. The number of hydrogen-bond donors (Lipinski definition) is 0. The number of nitrogens with zero attached hydrogens (tertiary/aromatic N) is 6. The molecule has 0 amide bonds. The van der Waals surface area contributed by atoms with Gasteiger partial charge in [0.05, 0.1) is 33.3 Å². The number of aryl methyl sites for hydroxylation is 1. The van der Waals surface area contributed by atoms with Crippen molar-refractivity contribution in [2.24, 2.45) is 7.05 Å². The van der Waals surface area contributed by atoms with Crippen LogP contribution in [0.15, 0.2) is 182 Å². The molecule has 0 fully saturated rings. The predicted molar refractivity (Wildman–Crippen MR) is 267 cm³/mol. The van der Waals surface area contributed by atoms with Crippen LogP contribution in [-0.4, -0.2) is 23.3 Å². The molecule has 13 rings (SSSR count). The van der Waals surface area contributed by atoms with Crippen LogP contribution in [0.2, 0.25) is 0 Å². The van der Waals surface area contributed by atoms with Gasteiger partial charge in [-0.1, -0.05) is 129 Å². The summed E-state index contributed by atoms with van der Waals surface area (Å²) in [6.45, 7) is 6.75. The fourth-order valence-corrected chi connectivity index (χ4v) is 10.2. The van der Waals surface area contributed by atoms with Gasteiger partial charge in [0, 0.05) is 84.1 Å². The van der Waals surface area contributed by atoms with Crippen molar-refractivity contribution in [3.05, 3.63) is 206 Å². The summed E-state index contributed by atoms with van der Waals surface area (Å²) in [7, 11) is 2.20. The maximum atomic E-state index is 6.81. The summed E-state index contributed by atoms with van der Waals surface area (Å²) < 4.78 is 18.1. The zero-order chi connectivity index (χ0) is 44.3. The van der Waals surface area contributed by atoms with Gasteiger partial charge >= 0.3 is 0 Å². The molecule has 0 aliphatic heterocycles. The fourth-order valence-electron chi connectivity index (χ4n) is 10.2. The first-order chi connectivity index (χ1) is 32.3. The smallest absolute Gasteiger partial charge is 0.268 e. The Bertz CT molecular complexity index is 4080. The Morgan fingerprint density at radius 2 is 1.15 bits per heavy atom. The van der Waals surface area contributed by atoms with E-state index < -0.39 is 0 Å². The maximum Gasteiger partial charge on any atom is 0.268 e. The number of rotatable bonds is 6. The molecule has 5 aromatic heterocycles. The van der Waals surface area contributed by atoms with E-state index >= 15 is 0 Å². The molecule has 0 aliphatic carbocycles. The van der Waals surface area contributed by atoms with Crippen LogP contribution < -0.4 is 9.30 Å². The van der Waals surface area contributed by atoms with Crippen LogP contribution in [0.4, 0.5) is 0 Å². The topological polar surface area (TPSA) is 45.7 Å². The van der Waals surface area contributed by atoms with Gasteiger partial charge < -0.3 is 23.0 Å². The molecule has 13 aromatic rings. The van der Waals surface area contributed by atoms with E-state index in [2.05, 4.69) is 198 Å². The van der Waals surface area contributed by atoms with Crippen LogP contribution in [0.1, 0.15) is 26.3 Å². The molecule has 8 aromatic carbocycles. The third-order valence-corrected chi connectivity index (χ3v) is 13.2. The second kappa shape index (κ2) is 15.4. The van der Waals surface area contributed by atoms with Gasteiger partial charge in [-0.05, 0) is 70.6 Å². The van der Waals surface area contributed by atoms with Gasteiger partial charge in [0.25, 0.3) is 6.33 Å². The first-order valence-corrected chi connectivity index (χ1v) is 22.4. The molecule has 0 saturated carbocycles. The maximum absolute atomic E-state index is 6.81. The van der Waals surface area contributed by atoms with Crippen molar-refractivity contribution in [2.45, 2.75) is 26.2 Å². The quantitative estimate of drug-likeness (QED) is 0.123. The second-order valence-corrected chi connectivity index (χ2v) is 18.1. The first-order valence-electron chi connectivity index (χ1n) is 22.4. The van der Waals surface area contributed by atoms with Crippen molar-refractivity contribution in [2.75, 3.05) is 0 Å². The van der Waals surface area contributed by atoms with E-state index in [-0.39, 0.29) is 26.5 Å². The predicted octanol–water partition coefficient (Wildman–Crippen LogP) is 13.6. The van der Waals surface area contributed by atoms with E-state index in [9.17, 15) is 0 Å². The van der Waals surface area contributed by atoms with E-state index in [4.69, 9.17) is 9.72 Å². The van der Waals surface area contributed by atoms with Crippen LogP contribution in [0.5, 0.6) is 11.5 Å². The molecule has 8 heteroatoms. The van der Waals surface area contributed by atoms with Gasteiger partial charge in [-0.2, -0.15) is 18.2 Å². The van der Waals surface area contributed by atoms with E-state index in [1.807, 2.05) is 53.2 Å². The Hall–Kier alpha value is -7.73. The van der Waals surface area contributed by atoms with E-state index in [1.165, 1.54) is 21.9 Å². The Labute approximate surface area is 401 Å². The second-order valence-electron chi connectivity index (χ2n) is 18.1. The van der Waals surface area contributed by atoms with Crippen LogP contribution in [0, 0.1) is 18.5 Å². The van der Waals surface area contributed by atoms with Crippen molar-refractivity contribution in [1.29, 1.82) is 0 Å². The largest absolute Gasteiger partial charge is 0.510 e. The molecule has 0 bridgehead atoms. The first kappa shape index (κ1) is 40.8. The molecule has 0 radical (unpaired) electrons. The molecule has 67 heavy (non-hydrogen) atoms. The van der Waals surface area contributed by atoms with Crippen LogP contribution in [-0.2, 0) is 33.5 Å². The molecule has 0 atom stereocenters. The van der Waals surface area contributed by atoms with Crippen molar-refractivity contribution in [3.8, 4) is 34.4 Å². The zero-order valence-electron chi connectivity index (χ0n) is 37.2. The average Bonchev–Trinajstić information content (AvgIpc) is 4.09. The number of benzene rings is 8. The summed E-state index contributed by atoms with van der Waals surface area (Å²) in [4.78, 5) is 5.17. The number of aromatic nitrogens is 6. The number of para-hydroxylation sites is 6. The van der Waals surface area contributed by atoms with Crippen LogP contribution in [0.3, 0.4) is 0 Å². The standard InChI is InChI=1S/C59H42N6O.Pt/c1-59(2,3)38-32-33-60-52(34-38)65-51-36-43(66-42-23-17-22-41(35-42)63-37-62(39-18-7-5-8-19-39)49-28-15-16-29-50(49)63)30-31-46(51)54-56-53(44-24-11-13-26-47(44)61(56)4)57-55(58(54)65)45-25-12-14-27-48(45)64(57)40-20-9-6-10-21-40;/h5-34H,1-4H3;/q-2;. The van der Waals surface area contributed by atoms with Crippen molar-refractivity contribution in [1.82, 2.24) is 23.3 Å². The Balaban J connectivity index is 0.00000468. The summed E-state index contributed by atoms with van der Waals surface area (Å²) in [5.41, 5.74) is 12.6. The normalized spacial score (nSPS) is 12.1. The van der Waals surface area contributed by atoms with Gasteiger partial charge in [0.2, 0.25) is 0 Å². The molecule has 0 N–H and O–H groups in total. The summed E-state index contributed by atoms with van der Waals surface area (Å²) in [5, 5.41) is 6.94. The minimum absolute atomic E-state index is 0. The Morgan fingerprint density at radius 1 is 0.537 bits per heavy atom. The van der Waals surface area contributed by atoms with Crippen LogP contribution >= 0.6 is 0 Å². The molecule has 5 heterocycles. The van der Waals surface area contributed by atoms with Gasteiger partial charge in [0.15, 0.2) is 0 Å². The number of pyridine rings is 1. The van der Waals surface area contributed by atoms with Gasteiger partial charge in [-0.15, -0.1) is 24.3 Å². The number of ether oxygens (including phenoxy) is 1. The SMILES string of the molecule is Cn1c2ccccc2c2c1c1c3ccc(Oc4[c-]c(-[n+]5[c-]n(-c6ccccc6)c6ccccc65)ccc4)[c-]c3n(-c3cc(C(C)(C)C)ccn3)c1c1c3ccccc3n(-c3ccccc3)c21.[Pt]. The summed E-state index contributed by atoms with van der Waals surface area (Å²) in [6, 6.07) is 69.0. The number of fused-ring (bicyclic) bond motifs is 13. The molecule has 0 unspecified atom stereocenters. The summed E-state index contributed by atoms with van der Waals surface area (Å²) in [6.07, 6.45) is 5.53. The number of imidazole rings is 1. The zero-order valence-corrected chi connectivity index (χ0v) is 39.5. The van der Waals surface area contributed by atoms with Gasteiger partial charge in [-0.25, -0.2) is 4.98 Å². The monoisotopic (exact) mass is 1050 g/mol. The molecular formula is C59H42N6OPt-2. The minimum atomic E-state index is -0.111. The molecule has 7 nitrogen and oxygen atoms in total. The molecule has 0 spiro atoms. The third kappa shape index (κ3) is 6.22. The number of hydrogen-bond acceptors (Lipinski definition) is 2. The summed E-state index contributed by atoms with van der Waals surface area (Å²) in [5.74, 6) is 1.96. The van der Waals surface area contributed by atoms with Crippen molar-refractivity contribution < 1.29 is 30.4 Å². The van der Waals surface area contributed by atoms with Gasteiger partial charge in [0.1, 0.15) is 5.82 Å². The van der Waals surface area contributed by atoms with Crippen LogP contribution in [0.25, 0.3) is 99.3 Å². The molecule has 0 saturated heterocycles.